The third-order valence-corrected chi connectivity index (χ3v) is 10.1. The number of likely N-dealkylation sites (tertiary alicyclic amines) is 1. The topological polar surface area (TPSA) is 118 Å². The van der Waals surface area contributed by atoms with Crippen LogP contribution >= 0.6 is 22.9 Å². The fourth-order valence-corrected chi connectivity index (χ4v) is 7.73. The summed E-state index contributed by atoms with van der Waals surface area (Å²) in [6.07, 6.45) is 4.33. The molecule has 2 fully saturated rings. The molecule has 47 heavy (non-hydrogen) atoms. The molecule has 0 saturated carbocycles. The Hall–Kier alpha value is -3.80. The molecule has 0 amide bonds. The first-order valence-corrected chi connectivity index (χ1v) is 16.5. The Kier molecular flexibility index (Phi) is 9.96. The second kappa shape index (κ2) is 14.1. The molecule has 16 heteroatoms. The van der Waals surface area contributed by atoms with Crippen molar-refractivity contribution in [2.45, 2.75) is 25.7 Å². The average molecular weight is 677 g/mol. The van der Waals surface area contributed by atoms with Crippen LogP contribution < -0.4 is 14.9 Å². The Morgan fingerprint density at radius 1 is 1.30 bits per heavy atom. The van der Waals surface area contributed by atoms with E-state index < -0.39 is 18.7 Å². The number of aromatic nitrogens is 2. The summed E-state index contributed by atoms with van der Waals surface area (Å²) in [4.78, 5) is 26.4. The van der Waals surface area contributed by atoms with Crippen molar-refractivity contribution < 1.29 is 23.3 Å². The number of hydrogen-bond donors (Lipinski definition) is 2. The molecule has 4 aromatic rings. The highest BCUT2D eigenvalue weighted by molar-refractivity contribution is 7.23. The molecule has 2 aliphatic heterocycles. The van der Waals surface area contributed by atoms with E-state index in [0.717, 1.165) is 44.7 Å². The number of carbonyl (C=O) groups is 1. The normalized spacial score (nSPS) is 17.2. The Bertz CT molecular complexity index is 1880. The van der Waals surface area contributed by atoms with Gasteiger partial charge in [0.25, 0.3) is 0 Å². The Morgan fingerprint density at radius 2 is 2.09 bits per heavy atom. The van der Waals surface area contributed by atoms with Gasteiger partial charge in [-0.15, -0.1) is 17.9 Å². The van der Waals surface area contributed by atoms with Gasteiger partial charge < -0.3 is 29.5 Å². The minimum absolute atomic E-state index is 0.0106. The van der Waals surface area contributed by atoms with E-state index in [-0.39, 0.29) is 54.4 Å². The number of piperazine rings is 1. The lowest BCUT2D eigenvalue weighted by Crippen LogP contribution is -2.51. The summed E-state index contributed by atoms with van der Waals surface area (Å²) < 4.78 is 38.3. The highest BCUT2D eigenvalue weighted by atomic mass is 35.5. The molecular formula is C31H31B2ClF2N7O3S. The smallest absolute Gasteiger partial charge is 0.376 e. The summed E-state index contributed by atoms with van der Waals surface area (Å²) in [5, 5.41) is 23.7. The van der Waals surface area contributed by atoms with Crippen molar-refractivity contribution in [3.8, 4) is 23.2 Å². The van der Waals surface area contributed by atoms with Crippen molar-refractivity contribution in [1.82, 2.24) is 19.7 Å². The van der Waals surface area contributed by atoms with Gasteiger partial charge in [0.15, 0.2) is 5.82 Å². The molecule has 4 heterocycles. The first kappa shape index (κ1) is 33.1. The number of nitrogens with one attached hydrogen (secondary N) is 1. The standard InChI is InChI=1S/C31H31B2ClF2N7O3S/c1-3-8-41-9-4-5-18(41)16-46-31-38-27-20(29(39-31)42-10-12-43(13-11-42)33(2)45)14-22(34)25(26(27)36)19-6-7-23(35)28-24(19)21(15-37)30(47-28)40-32-17-44/h3,6-7,14,17-18,40,45H,1,4-5,8-13,16H2,2H3/t18-/m0/s1. The molecule has 2 N–H and O–H groups in total. The predicted octanol–water partition coefficient (Wildman–Crippen LogP) is 4.80. The van der Waals surface area contributed by atoms with Crippen LogP contribution in [-0.4, -0.2) is 97.3 Å². The van der Waals surface area contributed by atoms with Crippen molar-refractivity contribution in [3.63, 3.8) is 0 Å². The van der Waals surface area contributed by atoms with Crippen LogP contribution in [0.1, 0.15) is 18.4 Å². The first-order chi connectivity index (χ1) is 22.7. The molecule has 6 rings (SSSR count). The monoisotopic (exact) mass is 676 g/mol. The number of nitriles is 1. The molecule has 0 aliphatic carbocycles. The number of anilines is 2. The number of carbonyl (C=O) groups excluding carboxylic acids is 1. The van der Waals surface area contributed by atoms with E-state index in [1.165, 1.54) is 12.1 Å². The quantitative estimate of drug-likeness (QED) is 0.130. The highest BCUT2D eigenvalue weighted by Crippen LogP contribution is 2.46. The number of fused-ring (bicyclic) bond motifs is 2. The predicted molar refractivity (Wildman–Crippen MR) is 184 cm³/mol. The fraction of sp³-hybridized carbons (Fsp3) is 0.355. The van der Waals surface area contributed by atoms with Crippen LogP contribution in [0.4, 0.5) is 19.6 Å². The molecule has 2 saturated heterocycles. The number of ether oxygens (including phenoxy) is 1. The highest BCUT2D eigenvalue weighted by Gasteiger charge is 2.30. The summed E-state index contributed by atoms with van der Waals surface area (Å²) in [6, 6.07) is 6.38. The summed E-state index contributed by atoms with van der Waals surface area (Å²) >= 11 is 7.77. The molecule has 2 aromatic heterocycles. The molecule has 2 aromatic carbocycles. The van der Waals surface area contributed by atoms with Crippen LogP contribution in [0.15, 0.2) is 30.9 Å². The lowest BCUT2D eigenvalue weighted by molar-refractivity contribution is 0.176. The Morgan fingerprint density at radius 3 is 2.79 bits per heavy atom. The van der Waals surface area contributed by atoms with Crippen LogP contribution in [0.2, 0.25) is 11.8 Å². The van der Waals surface area contributed by atoms with Crippen molar-refractivity contribution in [2.24, 2.45) is 0 Å². The van der Waals surface area contributed by atoms with Crippen LogP contribution in [-0.2, 0) is 4.79 Å². The molecule has 2 aliphatic rings. The maximum atomic E-state index is 16.9. The third kappa shape index (κ3) is 6.40. The minimum atomic E-state index is -0.769. The van der Waals surface area contributed by atoms with Gasteiger partial charge in [-0.3, -0.25) is 4.90 Å². The van der Waals surface area contributed by atoms with Gasteiger partial charge in [0.05, 0.1) is 20.3 Å². The largest absolute Gasteiger partial charge is 0.462 e. The van der Waals surface area contributed by atoms with Crippen molar-refractivity contribution >= 4 is 75.4 Å². The van der Waals surface area contributed by atoms with Gasteiger partial charge >= 0.3 is 20.5 Å². The Balaban J connectivity index is 1.49. The molecule has 241 valence electrons. The van der Waals surface area contributed by atoms with E-state index in [9.17, 15) is 15.1 Å². The molecule has 0 spiro atoms. The maximum absolute atomic E-state index is 16.9. The van der Waals surface area contributed by atoms with E-state index in [1.807, 2.05) is 15.8 Å². The van der Waals surface area contributed by atoms with Gasteiger partial charge in [0, 0.05) is 55.1 Å². The molecule has 1 radical (unpaired) electrons. The zero-order chi connectivity index (χ0) is 33.2. The van der Waals surface area contributed by atoms with Crippen LogP contribution in [0.25, 0.3) is 32.1 Å². The van der Waals surface area contributed by atoms with Gasteiger partial charge in [-0.2, -0.15) is 15.2 Å². The Labute approximate surface area is 281 Å². The van der Waals surface area contributed by atoms with Crippen LogP contribution in [0, 0.1) is 23.0 Å². The van der Waals surface area contributed by atoms with E-state index in [2.05, 4.69) is 27.8 Å². The second-order valence-electron chi connectivity index (χ2n) is 11.5. The SMILES string of the molecule is C=CCN1CCC[C@H]1COc1nc(N2CCN(B(C)O)CC2)c2cc(Cl)c(-c3ccc(F)c4sc(N[B]C=O)c(C#N)c34)c(F)c2n1. The molecule has 0 unspecified atom stereocenters. The van der Waals surface area contributed by atoms with Crippen LogP contribution in [0.5, 0.6) is 6.01 Å². The van der Waals surface area contributed by atoms with Gasteiger partial charge in [-0.25, -0.2) is 8.78 Å². The number of benzene rings is 2. The summed E-state index contributed by atoms with van der Waals surface area (Å²) in [6.45, 7) is 9.68. The number of thiophene rings is 1. The maximum Gasteiger partial charge on any atom is 0.376 e. The fourth-order valence-electron chi connectivity index (χ4n) is 6.38. The van der Waals surface area contributed by atoms with Gasteiger partial charge in [0.1, 0.15) is 36.0 Å². The van der Waals surface area contributed by atoms with E-state index >= 15 is 8.78 Å². The van der Waals surface area contributed by atoms with E-state index in [0.29, 0.717) is 50.2 Å². The van der Waals surface area contributed by atoms with Crippen LogP contribution in [0.3, 0.4) is 0 Å². The lowest BCUT2D eigenvalue weighted by atomic mass is 9.84. The minimum Gasteiger partial charge on any atom is -0.462 e. The van der Waals surface area contributed by atoms with Gasteiger partial charge in [0.2, 0.25) is 0 Å². The van der Waals surface area contributed by atoms with Crippen molar-refractivity contribution in [1.29, 1.82) is 5.26 Å². The molecule has 0 bridgehead atoms. The van der Waals surface area contributed by atoms with Gasteiger partial charge in [-0.1, -0.05) is 23.7 Å². The lowest BCUT2D eigenvalue weighted by Gasteiger charge is -2.36. The van der Waals surface area contributed by atoms with E-state index in [4.69, 9.17) is 21.3 Å². The average Bonchev–Trinajstić information content (AvgIpc) is 3.68. The number of halogens is 3. The second-order valence-corrected chi connectivity index (χ2v) is 12.9. The number of hydrogen-bond acceptors (Lipinski definition) is 11. The van der Waals surface area contributed by atoms with Crippen molar-refractivity contribution in [3.05, 3.63) is 53.1 Å². The molecular weight excluding hydrogens is 646 g/mol. The van der Waals surface area contributed by atoms with Crippen molar-refractivity contribution in [2.75, 3.05) is 56.0 Å². The first-order valence-electron chi connectivity index (χ1n) is 15.3. The molecule has 10 nitrogen and oxygen atoms in total. The summed E-state index contributed by atoms with van der Waals surface area (Å²) in [5.74, 6) is -0.921. The molecule has 1 atom stereocenters. The number of rotatable bonds is 11. The zero-order valence-electron chi connectivity index (χ0n) is 25.7. The summed E-state index contributed by atoms with van der Waals surface area (Å²) in [7, 11) is 0.489. The summed E-state index contributed by atoms with van der Waals surface area (Å²) in [5.41, 5.74) is 0.177. The third-order valence-electron chi connectivity index (χ3n) is 8.71. The van der Waals surface area contributed by atoms with Gasteiger partial charge in [-0.05, 0) is 43.9 Å². The van der Waals surface area contributed by atoms with E-state index in [1.54, 1.807) is 12.9 Å². The number of nitrogens with zero attached hydrogens (tertiary/aromatic N) is 6. The zero-order valence-corrected chi connectivity index (χ0v) is 27.3.